The van der Waals surface area contributed by atoms with Gasteiger partial charge >= 0.3 is 0 Å². The minimum absolute atomic E-state index is 0.0339. The van der Waals surface area contributed by atoms with Gasteiger partial charge in [0.25, 0.3) is 5.91 Å². The molecule has 0 bridgehead atoms. The minimum atomic E-state index is -0.131. The van der Waals surface area contributed by atoms with E-state index in [2.05, 4.69) is 0 Å². The van der Waals surface area contributed by atoms with Gasteiger partial charge in [-0.15, -0.1) is 0 Å². The van der Waals surface area contributed by atoms with E-state index in [-0.39, 0.29) is 17.7 Å². The van der Waals surface area contributed by atoms with Crippen molar-refractivity contribution in [3.63, 3.8) is 0 Å². The number of nitrogens with zero attached hydrogens (tertiary/aromatic N) is 1. The highest BCUT2D eigenvalue weighted by Crippen LogP contribution is 2.19. The lowest BCUT2D eigenvalue weighted by molar-refractivity contribution is 0.0706. The predicted molar refractivity (Wildman–Crippen MR) is 61.2 cm³/mol. The molecule has 4 nitrogen and oxygen atoms in total. The summed E-state index contributed by atoms with van der Waals surface area (Å²) < 4.78 is 0. The summed E-state index contributed by atoms with van der Waals surface area (Å²) in [5.74, 6) is -0.0973. The Hall–Kier alpha value is -1.55. The molecule has 4 heteroatoms. The van der Waals surface area contributed by atoms with E-state index in [1.807, 2.05) is 0 Å². The van der Waals surface area contributed by atoms with Crippen molar-refractivity contribution in [2.45, 2.75) is 18.9 Å². The number of carbonyl (C=O) groups excluding carboxylic acids is 1. The van der Waals surface area contributed by atoms with Gasteiger partial charge in [-0.2, -0.15) is 0 Å². The van der Waals surface area contributed by atoms with Crippen LogP contribution in [0, 0.1) is 0 Å². The fraction of sp³-hybridized carbons (Fsp3) is 0.417. The van der Waals surface area contributed by atoms with E-state index in [0.717, 1.165) is 19.4 Å². The summed E-state index contributed by atoms with van der Waals surface area (Å²) >= 11 is 0. The lowest BCUT2D eigenvalue weighted by atomic mass is 10.1. The standard InChI is InChI=1S/C12H16N2O2/c13-9-4-3-7-14(8-9)12(16)10-5-1-2-6-11(10)15/h1-2,5-6,9,15H,3-4,7-8,13H2/t9-/m0/s1. The fourth-order valence-electron chi connectivity index (χ4n) is 2.02. The van der Waals surface area contributed by atoms with Crippen molar-refractivity contribution in [2.75, 3.05) is 13.1 Å². The number of benzene rings is 1. The number of aromatic hydroxyl groups is 1. The van der Waals surface area contributed by atoms with Crippen molar-refractivity contribution in [3.8, 4) is 5.75 Å². The molecule has 1 aromatic rings. The first-order valence-electron chi connectivity index (χ1n) is 5.51. The molecule has 2 rings (SSSR count). The van der Waals surface area contributed by atoms with Gasteiger partial charge in [0.1, 0.15) is 5.75 Å². The largest absolute Gasteiger partial charge is 0.507 e. The molecule has 86 valence electrons. The third kappa shape index (κ3) is 2.17. The molecule has 1 aliphatic heterocycles. The van der Waals surface area contributed by atoms with Crippen LogP contribution >= 0.6 is 0 Å². The highest BCUT2D eigenvalue weighted by Gasteiger charge is 2.23. The van der Waals surface area contributed by atoms with Crippen molar-refractivity contribution in [2.24, 2.45) is 5.73 Å². The lowest BCUT2D eigenvalue weighted by Gasteiger charge is -2.30. The van der Waals surface area contributed by atoms with Gasteiger partial charge < -0.3 is 15.7 Å². The second-order valence-corrected chi connectivity index (χ2v) is 4.17. The van der Waals surface area contributed by atoms with Crippen LogP contribution < -0.4 is 5.73 Å². The van der Waals surface area contributed by atoms with Crippen LogP contribution in [0.4, 0.5) is 0 Å². The van der Waals surface area contributed by atoms with E-state index in [4.69, 9.17) is 5.73 Å². The van der Waals surface area contributed by atoms with Crippen LogP contribution in [0.25, 0.3) is 0 Å². The fourth-order valence-corrected chi connectivity index (χ4v) is 2.02. The number of hydrogen-bond donors (Lipinski definition) is 2. The maximum absolute atomic E-state index is 12.1. The molecule has 0 aromatic heterocycles. The summed E-state index contributed by atoms with van der Waals surface area (Å²) in [5.41, 5.74) is 6.18. The molecule has 0 spiro atoms. The number of para-hydroxylation sites is 1. The van der Waals surface area contributed by atoms with Gasteiger partial charge in [0, 0.05) is 19.1 Å². The summed E-state index contributed by atoms with van der Waals surface area (Å²) in [4.78, 5) is 13.8. The van der Waals surface area contributed by atoms with E-state index in [1.54, 1.807) is 23.1 Å². The zero-order valence-electron chi connectivity index (χ0n) is 9.10. The van der Waals surface area contributed by atoms with Gasteiger partial charge in [-0.3, -0.25) is 4.79 Å². The normalized spacial score (nSPS) is 20.8. The molecule has 3 N–H and O–H groups in total. The first-order chi connectivity index (χ1) is 7.68. The molecule has 16 heavy (non-hydrogen) atoms. The van der Waals surface area contributed by atoms with Crippen molar-refractivity contribution in [1.29, 1.82) is 0 Å². The van der Waals surface area contributed by atoms with Gasteiger partial charge in [0.05, 0.1) is 5.56 Å². The van der Waals surface area contributed by atoms with Crippen molar-refractivity contribution >= 4 is 5.91 Å². The smallest absolute Gasteiger partial charge is 0.257 e. The summed E-state index contributed by atoms with van der Waals surface area (Å²) in [6.07, 6.45) is 1.89. The number of nitrogens with two attached hydrogens (primary N) is 1. The molecule has 1 atom stereocenters. The third-order valence-electron chi connectivity index (χ3n) is 2.88. The van der Waals surface area contributed by atoms with Crippen molar-refractivity contribution in [1.82, 2.24) is 4.90 Å². The molecule has 0 radical (unpaired) electrons. The van der Waals surface area contributed by atoms with Gasteiger partial charge in [-0.25, -0.2) is 0 Å². The van der Waals surface area contributed by atoms with E-state index in [1.165, 1.54) is 6.07 Å². The zero-order valence-corrected chi connectivity index (χ0v) is 9.10. The number of phenolic OH excluding ortho intramolecular Hbond substituents is 1. The molecule has 1 heterocycles. The SMILES string of the molecule is N[C@H]1CCCN(C(=O)c2ccccc2O)C1. The van der Waals surface area contributed by atoms with E-state index in [0.29, 0.717) is 12.1 Å². The summed E-state index contributed by atoms with van der Waals surface area (Å²) in [7, 11) is 0. The minimum Gasteiger partial charge on any atom is -0.507 e. The third-order valence-corrected chi connectivity index (χ3v) is 2.88. The second-order valence-electron chi connectivity index (χ2n) is 4.17. The molecule has 0 saturated carbocycles. The quantitative estimate of drug-likeness (QED) is 0.740. The highest BCUT2D eigenvalue weighted by molar-refractivity contribution is 5.96. The average Bonchev–Trinajstić information content (AvgIpc) is 2.29. The molecule has 0 aliphatic carbocycles. The Morgan fingerprint density at radius 2 is 2.19 bits per heavy atom. The maximum atomic E-state index is 12.1. The Morgan fingerprint density at radius 3 is 2.88 bits per heavy atom. The number of carbonyl (C=O) groups is 1. The first kappa shape index (κ1) is 11.0. The Balaban J connectivity index is 2.16. The molecule has 1 saturated heterocycles. The number of likely N-dealkylation sites (tertiary alicyclic amines) is 1. The maximum Gasteiger partial charge on any atom is 0.257 e. The van der Waals surface area contributed by atoms with Crippen LogP contribution in [0.1, 0.15) is 23.2 Å². The number of phenols is 1. The van der Waals surface area contributed by atoms with E-state index < -0.39 is 0 Å². The Morgan fingerprint density at radius 1 is 1.44 bits per heavy atom. The van der Waals surface area contributed by atoms with E-state index >= 15 is 0 Å². The van der Waals surface area contributed by atoms with Crippen LogP contribution in [0.2, 0.25) is 0 Å². The van der Waals surface area contributed by atoms with Gasteiger partial charge in [-0.05, 0) is 25.0 Å². The van der Waals surface area contributed by atoms with Crippen LogP contribution in [-0.4, -0.2) is 35.0 Å². The van der Waals surface area contributed by atoms with Crippen LogP contribution in [0.15, 0.2) is 24.3 Å². The number of hydrogen-bond acceptors (Lipinski definition) is 3. The van der Waals surface area contributed by atoms with Gasteiger partial charge in [-0.1, -0.05) is 12.1 Å². The number of rotatable bonds is 1. The average molecular weight is 220 g/mol. The van der Waals surface area contributed by atoms with Crippen LogP contribution in [0.3, 0.4) is 0 Å². The lowest BCUT2D eigenvalue weighted by Crippen LogP contribution is -2.45. The first-order valence-corrected chi connectivity index (χ1v) is 5.51. The molecule has 1 aliphatic rings. The Labute approximate surface area is 94.7 Å². The molecular formula is C12H16N2O2. The highest BCUT2D eigenvalue weighted by atomic mass is 16.3. The van der Waals surface area contributed by atoms with Crippen LogP contribution in [-0.2, 0) is 0 Å². The number of piperidine rings is 1. The molecule has 1 aromatic carbocycles. The Bertz CT molecular complexity index is 392. The van der Waals surface area contributed by atoms with Crippen molar-refractivity contribution < 1.29 is 9.90 Å². The molecule has 1 amide bonds. The monoisotopic (exact) mass is 220 g/mol. The molecule has 1 fully saturated rings. The predicted octanol–water partition coefficient (Wildman–Crippen LogP) is 0.955. The zero-order chi connectivity index (χ0) is 11.5. The second kappa shape index (κ2) is 4.53. The van der Waals surface area contributed by atoms with Gasteiger partial charge in [0.2, 0.25) is 0 Å². The summed E-state index contributed by atoms with van der Waals surface area (Å²) in [5, 5.41) is 9.60. The van der Waals surface area contributed by atoms with Gasteiger partial charge in [0.15, 0.2) is 0 Å². The topological polar surface area (TPSA) is 66.6 Å². The van der Waals surface area contributed by atoms with Crippen molar-refractivity contribution in [3.05, 3.63) is 29.8 Å². The number of amides is 1. The van der Waals surface area contributed by atoms with Crippen LogP contribution in [0.5, 0.6) is 5.75 Å². The molecule has 0 unspecified atom stereocenters. The summed E-state index contributed by atoms with van der Waals surface area (Å²) in [6.45, 7) is 1.30. The Kier molecular flexibility index (Phi) is 3.10. The molecular weight excluding hydrogens is 204 g/mol. The van der Waals surface area contributed by atoms with E-state index in [9.17, 15) is 9.90 Å². The summed E-state index contributed by atoms with van der Waals surface area (Å²) in [6, 6.07) is 6.67.